The summed E-state index contributed by atoms with van der Waals surface area (Å²) in [4.78, 5) is 40.3. The number of hydrazone groups is 1. The van der Waals surface area contributed by atoms with Crippen LogP contribution in [0, 0.1) is 11.6 Å². The Morgan fingerprint density at radius 3 is 2.37 bits per heavy atom. The van der Waals surface area contributed by atoms with Gasteiger partial charge in [-0.2, -0.15) is 10.6 Å². The highest BCUT2D eigenvalue weighted by atomic mass is 19.2. The predicted molar refractivity (Wildman–Crippen MR) is 105 cm³/mol. The zero-order valence-corrected chi connectivity index (χ0v) is 16.0. The smallest absolute Gasteiger partial charge is 0.339 e. The highest BCUT2D eigenvalue weighted by molar-refractivity contribution is 5.93. The molecule has 4 N–H and O–H groups in total. The summed E-state index contributed by atoms with van der Waals surface area (Å²) < 4.78 is 26.2. The summed E-state index contributed by atoms with van der Waals surface area (Å²) in [6, 6.07) is 9.71. The van der Waals surface area contributed by atoms with Crippen LogP contribution in [-0.4, -0.2) is 24.0 Å². The van der Waals surface area contributed by atoms with Crippen molar-refractivity contribution >= 4 is 29.7 Å². The van der Waals surface area contributed by atoms with E-state index in [0.717, 1.165) is 17.7 Å². The highest BCUT2D eigenvalue weighted by Gasteiger charge is 2.20. The Morgan fingerprint density at radius 2 is 1.73 bits per heavy atom. The molecule has 158 valence electrons. The maximum absolute atomic E-state index is 13.3. The summed E-state index contributed by atoms with van der Waals surface area (Å²) in [5.41, 5.74) is 3.42. The molecule has 1 unspecified atom stereocenters. The predicted octanol–water partition coefficient (Wildman–Crippen LogP) is 2.35. The van der Waals surface area contributed by atoms with Crippen LogP contribution in [0.3, 0.4) is 0 Å². The molecule has 1 atom stereocenters. The van der Waals surface area contributed by atoms with Gasteiger partial charge in [0.1, 0.15) is 0 Å². The highest BCUT2D eigenvalue weighted by Crippen LogP contribution is 2.19. The van der Waals surface area contributed by atoms with Crippen molar-refractivity contribution in [3.05, 3.63) is 65.2 Å². The van der Waals surface area contributed by atoms with E-state index in [1.807, 2.05) is 5.48 Å². The first-order chi connectivity index (χ1) is 14.3. The van der Waals surface area contributed by atoms with E-state index in [9.17, 15) is 23.2 Å². The van der Waals surface area contributed by atoms with Crippen molar-refractivity contribution < 1.29 is 28.0 Å². The van der Waals surface area contributed by atoms with Crippen molar-refractivity contribution in [3.8, 4) is 0 Å². The fraction of sp³-hybridized carbons (Fsp3) is 0.200. The third-order valence-electron chi connectivity index (χ3n) is 4.06. The second-order valence-electron chi connectivity index (χ2n) is 6.29. The Morgan fingerprint density at radius 1 is 1.07 bits per heavy atom. The lowest BCUT2D eigenvalue weighted by Crippen LogP contribution is -2.30. The van der Waals surface area contributed by atoms with Gasteiger partial charge in [0.2, 0.25) is 5.91 Å². The number of hydrogen-bond acceptors (Lipinski definition) is 6. The first-order valence-corrected chi connectivity index (χ1v) is 8.87. The Hall–Kier alpha value is -3.82. The summed E-state index contributed by atoms with van der Waals surface area (Å²) >= 11 is 0. The maximum Gasteiger partial charge on any atom is 0.339 e. The van der Waals surface area contributed by atoms with E-state index in [0.29, 0.717) is 5.69 Å². The number of benzene rings is 2. The van der Waals surface area contributed by atoms with Gasteiger partial charge in [0.15, 0.2) is 11.6 Å². The molecule has 2 amide bonds. The summed E-state index contributed by atoms with van der Waals surface area (Å²) in [6.07, 6.45) is 1.08. The van der Waals surface area contributed by atoms with E-state index in [2.05, 4.69) is 15.3 Å². The fourth-order valence-electron chi connectivity index (χ4n) is 2.35. The van der Waals surface area contributed by atoms with Crippen molar-refractivity contribution in [2.75, 3.05) is 5.32 Å². The second-order valence-corrected chi connectivity index (χ2v) is 6.29. The van der Waals surface area contributed by atoms with Crippen LogP contribution in [0.15, 0.2) is 47.6 Å². The van der Waals surface area contributed by atoms with E-state index >= 15 is 0 Å². The number of nitrogens with one attached hydrogen (secondary N) is 2. The Kier molecular flexibility index (Phi) is 7.98. The van der Waals surface area contributed by atoms with E-state index in [4.69, 9.17) is 5.84 Å². The second kappa shape index (κ2) is 10.6. The molecule has 8 nitrogen and oxygen atoms in total. The first-order valence-electron chi connectivity index (χ1n) is 8.87. The molecule has 0 aliphatic heterocycles. The molecule has 2 aromatic rings. The SMILES string of the molecule is CC(C(=O)ONC(=O)CCC(=O)Nc1ccc(C=NN)cc1)c1ccc(F)c(F)c1. The van der Waals surface area contributed by atoms with Gasteiger partial charge < -0.3 is 16.0 Å². The number of anilines is 1. The average molecular weight is 418 g/mol. The molecule has 2 rings (SSSR count). The van der Waals surface area contributed by atoms with Gasteiger partial charge in [0.05, 0.1) is 12.1 Å². The number of hydrogen-bond donors (Lipinski definition) is 3. The van der Waals surface area contributed by atoms with Gasteiger partial charge in [-0.05, 0) is 42.3 Å². The number of nitrogens with zero attached hydrogens (tertiary/aromatic N) is 1. The Labute approximate surface area is 171 Å². The molecule has 0 bridgehead atoms. The van der Waals surface area contributed by atoms with Crippen LogP contribution < -0.4 is 16.6 Å². The van der Waals surface area contributed by atoms with Gasteiger partial charge in [-0.3, -0.25) is 9.59 Å². The molecule has 0 spiro atoms. The van der Waals surface area contributed by atoms with Crippen LogP contribution in [0.2, 0.25) is 0 Å². The maximum atomic E-state index is 13.3. The summed E-state index contributed by atoms with van der Waals surface area (Å²) in [5.74, 6) is 0.0255. The largest absolute Gasteiger partial charge is 0.340 e. The molecule has 0 aromatic heterocycles. The van der Waals surface area contributed by atoms with Crippen molar-refractivity contribution in [2.24, 2.45) is 10.9 Å². The van der Waals surface area contributed by atoms with Crippen LogP contribution in [0.5, 0.6) is 0 Å². The lowest BCUT2D eigenvalue weighted by Gasteiger charge is -2.12. The topological polar surface area (TPSA) is 123 Å². The van der Waals surface area contributed by atoms with Crippen molar-refractivity contribution in [1.29, 1.82) is 0 Å². The third kappa shape index (κ3) is 6.66. The Bertz CT molecular complexity index is 948. The molecule has 0 heterocycles. The Balaban J connectivity index is 1.75. The van der Waals surface area contributed by atoms with E-state index in [-0.39, 0.29) is 18.4 Å². The van der Waals surface area contributed by atoms with Crippen LogP contribution in [0.4, 0.5) is 14.5 Å². The molecule has 2 aromatic carbocycles. The normalized spacial score (nSPS) is 11.7. The molecule has 10 heteroatoms. The van der Waals surface area contributed by atoms with Crippen LogP contribution in [0.1, 0.15) is 36.8 Å². The van der Waals surface area contributed by atoms with Gasteiger partial charge in [0.25, 0.3) is 5.91 Å². The molecule has 0 saturated heterocycles. The van der Waals surface area contributed by atoms with E-state index < -0.39 is 35.3 Å². The number of amides is 2. The molecule has 0 radical (unpaired) electrons. The number of rotatable bonds is 7. The molecule has 0 fully saturated rings. The number of carbonyl (C=O) groups excluding carboxylic acids is 3. The summed E-state index contributed by atoms with van der Waals surface area (Å²) in [5, 5.41) is 6.00. The zero-order valence-electron chi connectivity index (χ0n) is 16.0. The van der Waals surface area contributed by atoms with E-state index in [1.165, 1.54) is 19.2 Å². The van der Waals surface area contributed by atoms with Crippen LogP contribution >= 0.6 is 0 Å². The molecule has 0 aliphatic carbocycles. The van der Waals surface area contributed by atoms with E-state index in [1.54, 1.807) is 24.3 Å². The third-order valence-corrected chi connectivity index (χ3v) is 4.06. The van der Waals surface area contributed by atoms with Crippen molar-refractivity contribution in [1.82, 2.24) is 5.48 Å². The van der Waals surface area contributed by atoms with Gasteiger partial charge in [-0.1, -0.05) is 18.2 Å². The van der Waals surface area contributed by atoms with Gasteiger partial charge >= 0.3 is 5.97 Å². The molecule has 0 saturated carbocycles. The number of carbonyl (C=O) groups is 3. The average Bonchev–Trinajstić information content (AvgIpc) is 2.73. The van der Waals surface area contributed by atoms with Gasteiger partial charge in [-0.25, -0.2) is 13.6 Å². The standard InChI is InChI=1S/C20H20F2N4O4/c1-12(14-4-7-16(21)17(22)10-14)20(29)30-26-19(28)9-8-18(27)25-15-5-2-13(3-6-15)11-24-23/h2-7,10-12H,8-9,23H2,1H3,(H,25,27)(H,26,28). The quantitative estimate of drug-likeness (QED) is 0.362. The summed E-state index contributed by atoms with van der Waals surface area (Å²) in [6.45, 7) is 1.42. The fourth-order valence-corrected chi connectivity index (χ4v) is 2.35. The molecular formula is C20H20F2N4O4. The minimum absolute atomic E-state index is 0.145. The van der Waals surface area contributed by atoms with Crippen LogP contribution in [-0.2, 0) is 19.2 Å². The van der Waals surface area contributed by atoms with Crippen LogP contribution in [0.25, 0.3) is 0 Å². The lowest BCUT2D eigenvalue weighted by atomic mass is 10.0. The summed E-state index contributed by atoms with van der Waals surface area (Å²) in [7, 11) is 0. The number of nitrogens with two attached hydrogens (primary N) is 1. The molecule has 0 aliphatic rings. The van der Waals surface area contributed by atoms with Gasteiger partial charge in [0, 0.05) is 18.5 Å². The lowest BCUT2D eigenvalue weighted by molar-refractivity contribution is -0.159. The monoisotopic (exact) mass is 418 g/mol. The van der Waals surface area contributed by atoms with Crippen molar-refractivity contribution in [3.63, 3.8) is 0 Å². The molecule has 30 heavy (non-hydrogen) atoms. The molecular weight excluding hydrogens is 398 g/mol. The minimum Gasteiger partial charge on any atom is -0.340 e. The number of halogens is 2. The number of hydroxylamine groups is 1. The first kappa shape index (κ1) is 22.5. The minimum atomic E-state index is -1.09. The van der Waals surface area contributed by atoms with Crippen molar-refractivity contribution in [2.45, 2.75) is 25.7 Å². The van der Waals surface area contributed by atoms with Gasteiger partial charge in [-0.15, -0.1) is 0 Å². The zero-order chi connectivity index (χ0) is 22.1.